The summed E-state index contributed by atoms with van der Waals surface area (Å²) in [5.41, 5.74) is 0. The smallest absolute Gasteiger partial charge is 0.273 e. The van der Waals surface area contributed by atoms with E-state index in [0.29, 0.717) is 5.75 Å². The Balaban J connectivity index is 4.03. The highest BCUT2D eigenvalue weighted by atomic mass is 32.2. The summed E-state index contributed by atoms with van der Waals surface area (Å²) in [5.74, 6) is -0.481. The minimum atomic E-state index is -2.44. The van der Waals surface area contributed by atoms with Gasteiger partial charge in [-0.15, -0.1) is 11.8 Å². The minimum absolute atomic E-state index is 0.00683. The van der Waals surface area contributed by atoms with Crippen LogP contribution >= 0.6 is 11.8 Å². The van der Waals surface area contributed by atoms with Gasteiger partial charge in [0.1, 0.15) is 0 Å². The van der Waals surface area contributed by atoms with Gasteiger partial charge in [-0.25, -0.2) is 4.21 Å². The highest BCUT2D eigenvalue weighted by Gasteiger charge is 2.13. The van der Waals surface area contributed by atoms with Crippen molar-refractivity contribution < 1.29 is 13.8 Å². The Kier molecular flexibility index (Phi) is 6.18. The molecule has 100 valence electrons. The van der Waals surface area contributed by atoms with E-state index in [2.05, 4.69) is 9.68 Å². The van der Waals surface area contributed by atoms with Crippen molar-refractivity contribution in [2.45, 2.75) is 25.5 Å². The van der Waals surface area contributed by atoms with Gasteiger partial charge in [0.05, 0.1) is 12.3 Å². The molecule has 1 N–H and O–H groups in total. The maximum Gasteiger partial charge on any atom is 0.273 e. The molecule has 2 amide bonds. The lowest BCUT2D eigenvalue weighted by Gasteiger charge is -2.16. The quantitative estimate of drug-likeness (QED) is 0.830. The summed E-state index contributed by atoms with van der Waals surface area (Å²) < 4.78 is 14.7. The number of amides is 2. The molecule has 0 aromatic carbocycles. The molecule has 7 heteroatoms. The maximum atomic E-state index is 11.4. The number of hydrogen-bond acceptors (Lipinski definition) is 4. The topological polar surface area (TPSA) is 75.6 Å². The number of thioether (sulfide) groups is 1. The Morgan fingerprint density at radius 2 is 1.82 bits per heavy atom. The van der Waals surface area contributed by atoms with E-state index in [1.165, 1.54) is 24.3 Å². The Morgan fingerprint density at radius 1 is 1.29 bits per heavy atom. The number of rotatable bonds is 4. The molecule has 0 aliphatic carbocycles. The molecule has 0 fully saturated rings. The van der Waals surface area contributed by atoms with Crippen LogP contribution < -0.4 is 5.32 Å². The predicted octanol–water partition coefficient (Wildman–Crippen LogP) is 0.888. The van der Waals surface area contributed by atoms with Crippen LogP contribution in [0.3, 0.4) is 0 Å². The Morgan fingerprint density at radius 3 is 2.24 bits per heavy atom. The molecule has 0 aromatic rings. The van der Waals surface area contributed by atoms with E-state index >= 15 is 0 Å². The van der Waals surface area contributed by atoms with E-state index in [-0.39, 0.29) is 17.2 Å². The van der Waals surface area contributed by atoms with Crippen LogP contribution in [-0.4, -0.2) is 45.6 Å². The van der Waals surface area contributed by atoms with Crippen molar-refractivity contribution in [1.82, 2.24) is 5.32 Å². The second kappa shape index (κ2) is 6.39. The molecule has 0 saturated heterocycles. The average Bonchev–Trinajstić information content (AvgIpc) is 2.07. The van der Waals surface area contributed by atoms with E-state index in [4.69, 9.17) is 0 Å². The third kappa shape index (κ3) is 11.7. The van der Waals surface area contributed by atoms with E-state index in [9.17, 15) is 13.8 Å². The van der Waals surface area contributed by atoms with Gasteiger partial charge < -0.3 is 5.32 Å². The Hall–Kier alpha value is -0.560. The van der Waals surface area contributed by atoms with E-state index in [0.717, 1.165) is 0 Å². The van der Waals surface area contributed by atoms with Gasteiger partial charge in [-0.1, -0.05) is 20.8 Å². The lowest BCUT2D eigenvalue weighted by Crippen LogP contribution is -2.31. The second-order valence-electron chi connectivity index (χ2n) is 4.84. The molecule has 0 rings (SSSR count). The lowest BCUT2D eigenvalue weighted by molar-refractivity contribution is -0.123. The first-order valence-electron chi connectivity index (χ1n) is 5.10. The molecule has 0 heterocycles. The molecular weight excluding hydrogens is 260 g/mol. The summed E-state index contributed by atoms with van der Waals surface area (Å²) in [6, 6.07) is 0. The van der Waals surface area contributed by atoms with Crippen LogP contribution in [0.15, 0.2) is 4.36 Å². The van der Waals surface area contributed by atoms with Crippen LogP contribution in [0.1, 0.15) is 20.8 Å². The van der Waals surface area contributed by atoms with Crippen molar-refractivity contribution in [3.63, 3.8) is 0 Å². The van der Waals surface area contributed by atoms with Crippen LogP contribution in [0.5, 0.6) is 0 Å². The summed E-state index contributed by atoms with van der Waals surface area (Å²) >= 11 is 1.50. The molecule has 0 radical (unpaired) electrons. The summed E-state index contributed by atoms with van der Waals surface area (Å²) in [5, 5.41) is 2.45. The van der Waals surface area contributed by atoms with Gasteiger partial charge >= 0.3 is 0 Å². The van der Waals surface area contributed by atoms with E-state index in [1.807, 2.05) is 20.8 Å². The number of carbonyl (C=O) groups is 2. The van der Waals surface area contributed by atoms with Crippen molar-refractivity contribution in [2.75, 3.05) is 24.8 Å². The standard InChI is InChI=1S/C10H20N2O3S2/c1-10(2,3)16-7-9(14)11-6-8(13)12-17(4,5)15/h6-7H2,1-5H3,(H,11,14). The Labute approximate surface area is 107 Å². The van der Waals surface area contributed by atoms with Gasteiger partial charge in [-0.3, -0.25) is 9.59 Å². The first-order valence-corrected chi connectivity index (χ1v) is 8.42. The molecule has 0 aromatic heterocycles. The normalized spacial score (nSPS) is 12.1. The number of nitrogens with zero attached hydrogens (tertiary/aromatic N) is 1. The molecule has 0 aliphatic heterocycles. The summed E-state index contributed by atoms with van der Waals surface area (Å²) in [4.78, 5) is 22.6. The van der Waals surface area contributed by atoms with Crippen molar-refractivity contribution in [3.8, 4) is 0 Å². The fourth-order valence-electron chi connectivity index (χ4n) is 0.785. The zero-order chi connectivity index (χ0) is 13.7. The number of hydrogen-bond donors (Lipinski definition) is 1. The predicted molar refractivity (Wildman–Crippen MR) is 72.6 cm³/mol. The zero-order valence-electron chi connectivity index (χ0n) is 10.9. The first kappa shape index (κ1) is 16.4. The monoisotopic (exact) mass is 280 g/mol. The zero-order valence-corrected chi connectivity index (χ0v) is 12.5. The molecule has 0 atom stereocenters. The van der Waals surface area contributed by atoms with Crippen LogP contribution in [0, 0.1) is 0 Å². The fraction of sp³-hybridized carbons (Fsp3) is 0.800. The second-order valence-corrected chi connectivity index (χ2v) is 9.19. The summed E-state index contributed by atoms with van der Waals surface area (Å²) in [6.45, 7) is 5.83. The summed E-state index contributed by atoms with van der Waals surface area (Å²) in [6.07, 6.45) is 2.75. The van der Waals surface area contributed by atoms with Crippen molar-refractivity contribution in [1.29, 1.82) is 0 Å². The van der Waals surface area contributed by atoms with Gasteiger partial charge in [0, 0.05) is 27.0 Å². The van der Waals surface area contributed by atoms with Gasteiger partial charge in [-0.05, 0) is 0 Å². The van der Waals surface area contributed by atoms with Gasteiger partial charge in [0.25, 0.3) is 5.91 Å². The van der Waals surface area contributed by atoms with Crippen LogP contribution in [0.25, 0.3) is 0 Å². The molecule has 5 nitrogen and oxygen atoms in total. The Bertz CT molecular complexity index is 396. The lowest BCUT2D eigenvalue weighted by atomic mass is 10.3. The van der Waals surface area contributed by atoms with Gasteiger partial charge in [0.2, 0.25) is 5.91 Å². The highest BCUT2D eigenvalue weighted by molar-refractivity contribution is 8.01. The third-order valence-corrected chi connectivity index (χ3v) is 3.31. The molecular formula is C10H20N2O3S2. The molecule has 17 heavy (non-hydrogen) atoms. The van der Waals surface area contributed by atoms with Crippen LogP contribution in [0.4, 0.5) is 0 Å². The number of carbonyl (C=O) groups excluding carboxylic acids is 2. The SMILES string of the molecule is CC(C)(C)SCC(=O)NCC(=O)N=S(C)(C)=O. The van der Waals surface area contributed by atoms with Crippen molar-refractivity contribution >= 4 is 33.3 Å². The molecule has 0 aliphatic rings. The first-order chi connectivity index (χ1) is 7.49. The minimum Gasteiger partial charge on any atom is -0.346 e. The van der Waals surface area contributed by atoms with Crippen molar-refractivity contribution in [3.05, 3.63) is 0 Å². The maximum absolute atomic E-state index is 11.4. The van der Waals surface area contributed by atoms with Gasteiger partial charge in [0.15, 0.2) is 0 Å². The molecule has 0 unspecified atom stereocenters. The fourth-order valence-corrected chi connectivity index (χ4v) is 2.01. The van der Waals surface area contributed by atoms with E-state index in [1.54, 1.807) is 0 Å². The average molecular weight is 280 g/mol. The molecule has 0 bridgehead atoms. The largest absolute Gasteiger partial charge is 0.346 e. The van der Waals surface area contributed by atoms with Crippen molar-refractivity contribution in [2.24, 2.45) is 4.36 Å². The van der Waals surface area contributed by atoms with Gasteiger partial charge in [-0.2, -0.15) is 4.36 Å². The third-order valence-electron chi connectivity index (χ3n) is 1.39. The van der Waals surface area contributed by atoms with Crippen LogP contribution in [-0.2, 0) is 19.3 Å². The molecule has 0 saturated carbocycles. The highest BCUT2D eigenvalue weighted by Crippen LogP contribution is 2.22. The molecule has 0 spiro atoms. The van der Waals surface area contributed by atoms with E-state index < -0.39 is 15.6 Å². The van der Waals surface area contributed by atoms with Crippen LogP contribution in [0.2, 0.25) is 0 Å². The number of nitrogens with one attached hydrogen (secondary N) is 1. The summed E-state index contributed by atoms with van der Waals surface area (Å²) in [7, 11) is -2.44.